The first-order valence-electron chi connectivity index (χ1n) is 9.93. The quantitative estimate of drug-likeness (QED) is 0.456. The predicted molar refractivity (Wildman–Crippen MR) is 117 cm³/mol. The molecule has 0 aliphatic carbocycles. The second-order valence-electron chi connectivity index (χ2n) is 7.31. The molecule has 2 aliphatic rings. The second-order valence-corrected chi connectivity index (χ2v) is 8.22. The van der Waals surface area contributed by atoms with Crippen LogP contribution in [0.1, 0.15) is 42.3 Å². The Morgan fingerprint density at radius 1 is 1.10 bits per heavy atom. The molecule has 0 saturated heterocycles. The van der Waals surface area contributed by atoms with Crippen LogP contribution in [-0.4, -0.2) is 17.3 Å². The maximum atomic E-state index is 13.4. The van der Waals surface area contributed by atoms with Gasteiger partial charge in [-0.05, 0) is 67.1 Å². The van der Waals surface area contributed by atoms with Gasteiger partial charge in [0.2, 0.25) is 6.23 Å². The van der Waals surface area contributed by atoms with Crippen molar-refractivity contribution in [1.82, 2.24) is 5.01 Å². The SMILES string of the molecule is CCOc1ccc([C@H]2Oc3ccc(Br)cc3[C@H]3CC(c4ccc(F)cc4)=NN32)cc1. The lowest BCUT2D eigenvalue weighted by molar-refractivity contribution is -0.0191. The highest BCUT2D eigenvalue weighted by Crippen LogP contribution is 2.48. The fraction of sp³-hybridized carbons (Fsp3) is 0.208. The first-order chi connectivity index (χ1) is 14.6. The Bertz CT molecular complexity index is 1100. The van der Waals surface area contributed by atoms with E-state index in [-0.39, 0.29) is 18.1 Å². The normalized spacial score (nSPS) is 19.6. The highest BCUT2D eigenvalue weighted by Gasteiger charge is 2.41. The van der Waals surface area contributed by atoms with E-state index in [0.29, 0.717) is 6.61 Å². The number of hydrogen-bond donors (Lipinski definition) is 0. The molecule has 0 N–H and O–H groups in total. The van der Waals surface area contributed by atoms with Gasteiger partial charge in [0.1, 0.15) is 17.3 Å². The molecule has 152 valence electrons. The molecular formula is C24H20BrFN2O2. The third-order valence-electron chi connectivity index (χ3n) is 5.41. The second kappa shape index (κ2) is 7.76. The maximum Gasteiger partial charge on any atom is 0.213 e. The molecular weight excluding hydrogens is 447 g/mol. The molecule has 4 nitrogen and oxygen atoms in total. The summed E-state index contributed by atoms with van der Waals surface area (Å²) < 4.78 is 26.4. The Balaban J connectivity index is 1.55. The first-order valence-corrected chi connectivity index (χ1v) is 10.7. The zero-order valence-electron chi connectivity index (χ0n) is 16.4. The summed E-state index contributed by atoms with van der Waals surface area (Å²) in [7, 11) is 0. The zero-order chi connectivity index (χ0) is 20.7. The molecule has 0 amide bonds. The average molecular weight is 467 g/mol. The summed E-state index contributed by atoms with van der Waals surface area (Å²) in [5, 5.41) is 6.93. The molecule has 0 bridgehead atoms. The van der Waals surface area contributed by atoms with Crippen LogP contribution in [0.15, 0.2) is 76.3 Å². The summed E-state index contributed by atoms with van der Waals surface area (Å²) in [5.41, 5.74) is 3.94. The Labute approximate surface area is 183 Å². The highest BCUT2D eigenvalue weighted by molar-refractivity contribution is 9.10. The third kappa shape index (κ3) is 3.45. The molecule has 5 rings (SSSR count). The Hall–Kier alpha value is -2.86. The van der Waals surface area contributed by atoms with Crippen molar-refractivity contribution in [2.24, 2.45) is 5.10 Å². The van der Waals surface area contributed by atoms with Crippen LogP contribution in [0.25, 0.3) is 0 Å². The van der Waals surface area contributed by atoms with Crippen LogP contribution in [-0.2, 0) is 0 Å². The lowest BCUT2D eigenvalue weighted by Gasteiger charge is -2.38. The summed E-state index contributed by atoms with van der Waals surface area (Å²) in [6.07, 6.45) is 0.378. The largest absolute Gasteiger partial charge is 0.494 e. The average Bonchev–Trinajstić information content (AvgIpc) is 3.20. The standard InChI is InChI=1S/C24H20BrFN2O2/c1-2-29-19-10-5-16(6-11-19)24-28-22(20-13-17(25)7-12-23(20)30-24)14-21(27-28)15-3-8-18(26)9-4-15/h3-13,22,24H,2,14H2,1H3/t22-,24-/m1/s1. The molecule has 6 heteroatoms. The highest BCUT2D eigenvalue weighted by atomic mass is 79.9. The number of hydrazone groups is 1. The molecule has 3 aromatic carbocycles. The Morgan fingerprint density at radius 2 is 1.87 bits per heavy atom. The number of fused-ring (bicyclic) bond motifs is 3. The monoisotopic (exact) mass is 466 g/mol. The summed E-state index contributed by atoms with van der Waals surface area (Å²) in [6.45, 7) is 2.59. The molecule has 3 aromatic rings. The Morgan fingerprint density at radius 3 is 2.60 bits per heavy atom. The lowest BCUT2D eigenvalue weighted by atomic mass is 9.96. The molecule has 0 unspecified atom stereocenters. The van der Waals surface area contributed by atoms with E-state index in [2.05, 4.69) is 22.0 Å². The number of rotatable bonds is 4. The van der Waals surface area contributed by atoms with Crippen molar-refractivity contribution in [2.75, 3.05) is 6.61 Å². The number of nitrogens with zero attached hydrogens (tertiary/aromatic N) is 2. The minimum Gasteiger partial charge on any atom is -0.494 e. The number of benzene rings is 3. The van der Waals surface area contributed by atoms with Crippen molar-refractivity contribution in [2.45, 2.75) is 25.6 Å². The van der Waals surface area contributed by atoms with Crippen LogP contribution >= 0.6 is 15.9 Å². The van der Waals surface area contributed by atoms with Crippen LogP contribution in [0.5, 0.6) is 11.5 Å². The predicted octanol–water partition coefficient (Wildman–Crippen LogP) is 6.23. The summed E-state index contributed by atoms with van der Waals surface area (Å²) in [5.74, 6) is 1.43. The van der Waals surface area contributed by atoms with Gasteiger partial charge in [-0.2, -0.15) is 5.10 Å². The maximum absolute atomic E-state index is 13.4. The van der Waals surface area contributed by atoms with E-state index in [1.807, 2.05) is 48.3 Å². The van der Waals surface area contributed by atoms with Gasteiger partial charge in [0.15, 0.2) is 0 Å². The van der Waals surface area contributed by atoms with Crippen molar-refractivity contribution < 1.29 is 13.9 Å². The van der Waals surface area contributed by atoms with Crippen LogP contribution in [0, 0.1) is 5.82 Å². The van der Waals surface area contributed by atoms with E-state index < -0.39 is 0 Å². The molecule has 2 aliphatic heterocycles. The number of halogens is 2. The minimum atomic E-state index is -0.350. The number of ether oxygens (including phenoxy) is 2. The molecule has 0 fully saturated rings. The van der Waals surface area contributed by atoms with E-state index in [1.54, 1.807) is 12.1 Å². The van der Waals surface area contributed by atoms with Crippen LogP contribution in [0.4, 0.5) is 4.39 Å². The van der Waals surface area contributed by atoms with Crippen LogP contribution in [0.2, 0.25) is 0 Å². The van der Waals surface area contributed by atoms with E-state index in [1.165, 1.54) is 12.1 Å². The lowest BCUT2D eigenvalue weighted by Crippen LogP contribution is -2.33. The van der Waals surface area contributed by atoms with Crippen molar-refractivity contribution in [3.05, 3.63) is 93.7 Å². The van der Waals surface area contributed by atoms with Gasteiger partial charge < -0.3 is 9.47 Å². The zero-order valence-corrected chi connectivity index (χ0v) is 18.0. The molecule has 2 heterocycles. The smallest absolute Gasteiger partial charge is 0.213 e. The van der Waals surface area contributed by atoms with Crippen molar-refractivity contribution in [3.63, 3.8) is 0 Å². The van der Waals surface area contributed by atoms with Crippen LogP contribution < -0.4 is 9.47 Å². The van der Waals surface area contributed by atoms with E-state index in [4.69, 9.17) is 14.6 Å². The summed E-state index contributed by atoms with van der Waals surface area (Å²) in [6, 6.07) is 20.6. The van der Waals surface area contributed by atoms with E-state index in [9.17, 15) is 4.39 Å². The van der Waals surface area contributed by atoms with E-state index in [0.717, 1.165) is 44.8 Å². The van der Waals surface area contributed by atoms with Gasteiger partial charge in [-0.25, -0.2) is 9.40 Å². The van der Waals surface area contributed by atoms with E-state index >= 15 is 0 Å². The molecule has 0 spiro atoms. The number of hydrogen-bond acceptors (Lipinski definition) is 4. The first kappa shape index (κ1) is 19.1. The van der Waals surface area contributed by atoms with Crippen molar-refractivity contribution in [1.29, 1.82) is 0 Å². The molecule has 0 radical (unpaired) electrons. The van der Waals surface area contributed by atoms with Gasteiger partial charge in [0, 0.05) is 22.0 Å². The van der Waals surface area contributed by atoms with Gasteiger partial charge in [0.05, 0.1) is 18.4 Å². The third-order valence-corrected chi connectivity index (χ3v) is 5.90. The van der Waals surface area contributed by atoms with Crippen molar-refractivity contribution in [3.8, 4) is 11.5 Å². The van der Waals surface area contributed by atoms with Gasteiger partial charge in [0.25, 0.3) is 0 Å². The minimum absolute atomic E-state index is 0.0443. The topological polar surface area (TPSA) is 34.1 Å². The van der Waals surface area contributed by atoms with Gasteiger partial charge >= 0.3 is 0 Å². The summed E-state index contributed by atoms with van der Waals surface area (Å²) >= 11 is 3.57. The van der Waals surface area contributed by atoms with Crippen LogP contribution in [0.3, 0.4) is 0 Å². The molecule has 0 aromatic heterocycles. The summed E-state index contributed by atoms with van der Waals surface area (Å²) in [4.78, 5) is 0. The Kier molecular flexibility index (Phi) is 4.95. The fourth-order valence-corrected chi connectivity index (χ4v) is 4.37. The van der Waals surface area contributed by atoms with Crippen molar-refractivity contribution >= 4 is 21.6 Å². The molecule has 30 heavy (non-hydrogen) atoms. The van der Waals surface area contributed by atoms with Gasteiger partial charge in [-0.3, -0.25) is 0 Å². The van der Waals surface area contributed by atoms with Gasteiger partial charge in [-0.15, -0.1) is 0 Å². The fourth-order valence-electron chi connectivity index (χ4n) is 3.99. The molecule has 2 atom stereocenters. The molecule has 0 saturated carbocycles. The van der Waals surface area contributed by atoms with Gasteiger partial charge in [-0.1, -0.05) is 28.1 Å².